The van der Waals surface area contributed by atoms with E-state index in [1.165, 1.54) is 13.2 Å². The van der Waals surface area contributed by atoms with Gasteiger partial charge in [-0.2, -0.15) is 0 Å². The third-order valence-corrected chi connectivity index (χ3v) is 4.63. The Balaban J connectivity index is 1.94. The lowest BCUT2D eigenvalue weighted by atomic mass is 10.1. The molecule has 5 nitrogen and oxygen atoms in total. The highest BCUT2D eigenvalue weighted by Gasteiger charge is 2.26. The number of hydrogen-bond donors (Lipinski definition) is 0. The van der Waals surface area contributed by atoms with E-state index in [1.54, 1.807) is 30.3 Å². The second-order valence-corrected chi connectivity index (χ2v) is 7.49. The Kier molecular flexibility index (Phi) is 6.52. The molecule has 0 spiro atoms. The van der Waals surface area contributed by atoms with Crippen LogP contribution in [0.4, 0.5) is 0 Å². The zero-order valence-electron chi connectivity index (χ0n) is 15.6. The van der Waals surface area contributed by atoms with Crippen molar-refractivity contribution in [2.24, 2.45) is 4.99 Å². The maximum absolute atomic E-state index is 12.3. The average molecular weight is 453 g/mol. The van der Waals surface area contributed by atoms with E-state index < -0.39 is 5.97 Å². The van der Waals surface area contributed by atoms with Gasteiger partial charge in [0.25, 0.3) is 0 Å². The maximum atomic E-state index is 12.3. The first-order valence-electron chi connectivity index (χ1n) is 8.41. The van der Waals surface area contributed by atoms with E-state index >= 15 is 0 Å². The summed E-state index contributed by atoms with van der Waals surface area (Å²) in [4.78, 5) is 16.5. The molecular weight excluding hydrogens is 437 g/mol. The molecule has 0 fully saturated rings. The SMILES string of the molecule is C=C(C)COc1c(Cl)cc(/C=C2\N=C(c3ccc(Cl)cc3Cl)OC2=O)cc1OC. The van der Waals surface area contributed by atoms with Gasteiger partial charge in [0.15, 0.2) is 17.2 Å². The van der Waals surface area contributed by atoms with Crippen LogP contribution in [0.2, 0.25) is 15.1 Å². The van der Waals surface area contributed by atoms with Crippen LogP contribution in [0.15, 0.2) is 53.2 Å². The normalized spacial score (nSPS) is 14.6. The number of ether oxygens (including phenoxy) is 3. The van der Waals surface area contributed by atoms with Crippen LogP contribution in [0.1, 0.15) is 18.1 Å². The van der Waals surface area contributed by atoms with Gasteiger partial charge in [-0.05, 0) is 54.5 Å². The van der Waals surface area contributed by atoms with Crippen LogP contribution >= 0.6 is 34.8 Å². The highest BCUT2D eigenvalue weighted by atomic mass is 35.5. The molecule has 0 atom stereocenters. The smallest absolute Gasteiger partial charge is 0.363 e. The number of esters is 1. The van der Waals surface area contributed by atoms with Crippen molar-refractivity contribution in [3.05, 3.63) is 74.4 Å². The molecule has 2 aromatic carbocycles. The fourth-order valence-corrected chi connectivity index (χ4v) is 3.27. The minimum absolute atomic E-state index is 0.0970. The summed E-state index contributed by atoms with van der Waals surface area (Å²) in [6, 6.07) is 8.14. The fourth-order valence-electron chi connectivity index (χ4n) is 2.50. The van der Waals surface area contributed by atoms with Crippen LogP contribution in [0.3, 0.4) is 0 Å². The Morgan fingerprint density at radius 1 is 1.21 bits per heavy atom. The maximum Gasteiger partial charge on any atom is 0.363 e. The van der Waals surface area contributed by atoms with Crippen LogP contribution in [-0.2, 0) is 9.53 Å². The number of nitrogens with zero attached hydrogens (tertiary/aromatic N) is 1. The van der Waals surface area contributed by atoms with E-state index in [2.05, 4.69) is 11.6 Å². The van der Waals surface area contributed by atoms with Crippen LogP contribution in [0.25, 0.3) is 6.08 Å². The Morgan fingerprint density at radius 2 is 1.97 bits per heavy atom. The molecule has 0 aliphatic carbocycles. The van der Waals surface area contributed by atoms with Crippen molar-refractivity contribution >= 4 is 52.7 Å². The van der Waals surface area contributed by atoms with Crippen molar-refractivity contribution in [2.75, 3.05) is 13.7 Å². The summed E-state index contributed by atoms with van der Waals surface area (Å²) in [5, 5.41) is 1.12. The molecule has 0 N–H and O–H groups in total. The largest absolute Gasteiger partial charge is 0.493 e. The van der Waals surface area contributed by atoms with E-state index in [1.807, 2.05) is 6.92 Å². The lowest BCUT2D eigenvalue weighted by Crippen LogP contribution is -2.06. The third kappa shape index (κ3) is 4.93. The standard InChI is InChI=1S/C21H16Cl3NO4/c1-11(2)10-28-19-16(24)6-12(8-18(19)27-3)7-17-21(26)29-20(25-17)14-5-4-13(22)9-15(14)23/h4-9H,1,10H2,2-3H3/b17-7-. The van der Waals surface area contributed by atoms with Crippen LogP contribution in [-0.4, -0.2) is 25.6 Å². The number of benzene rings is 2. The molecule has 0 saturated heterocycles. The van der Waals surface area contributed by atoms with Crippen LogP contribution in [0, 0.1) is 0 Å². The minimum atomic E-state index is -0.608. The summed E-state index contributed by atoms with van der Waals surface area (Å²) in [6.07, 6.45) is 1.54. The number of methoxy groups -OCH3 is 1. The molecule has 0 unspecified atom stereocenters. The zero-order valence-corrected chi connectivity index (χ0v) is 17.9. The molecule has 0 amide bonds. The van der Waals surface area contributed by atoms with Crippen molar-refractivity contribution in [3.8, 4) is 11.5 Å². The highest BCUT2D eigenvalue weighted by Crippen LogP contribution is 2.37. The predicted octanol–water partition coefficient (Wildman–Crippen LogP) is 5.95. The van der Waals surface area contributed by atoms with Gasteiger partial charge in [0, 0.05) is 5.02 Å². The van der Waals surface area contributed by atoms with E-state index in [4.69, 9.17) is 49.0 Å². The number of halogens is 3. The van der Waals surface area contributed by atoms with E-state index in [0.29, 0.717) is 44.3 Å². The van der Waals surface area contributed by atoms with Crippen molar-refractivity contribution < 1.29 is 19.0 Å². The first-order chi connectivity index (χ1) is 13.8. The number of carbonyl (C=O) groups is 1. The van der Waals surface area contributed by atoms with Gasteiger partial charge >= 0.3 is 5.97 Å². The second kappa shape index (κ2) is 8.91. The van der Waals surface area contributed by atoms with Gasteiger partial charge in [-0.15, -0.1) is 0 Å². The lowest BCUT2D eigenvalue weighted by Gasteiger charge is -2.13. The average Bonchev–Trinajstić information content (AvgIpc) is 3.00. The molecule has 2 aromatic rings. The molecule has 29 heavy (non-hydrogen) atoms. The van der Waals surface area contributed by atoms with Gasteiger partial charge in [-0.25, -0.2) is 9.79 Å². The van der Waals surface area contributed by atoms with Crippen molar-refractivity contribution in [1.29, 1.82) is 0 Å². The molecule has 0 bridgehead atoms. The lowest BCUT2D eigenvalue weighted by molar-refractivity contribution is -0.129. The second-order valence-electron chi connectivity index (χ2n) is 6.24. The molecule has 3 rings (SSSR count). The number of aliphatic imine (C=N–C) groups is 1. The quantitative estimate of drug-likeness (QED) is 0.308. The summed E-state index contributed by atoms with van der Waals surface area (Å²) in [5.74, 6) is 0.304. The molecule has 8 heteroatoms. The zero-order chi connectivity index (χ0) is 21.1. The fraction of sp³-hybridized carbons (Fsp3) is 0.143. The molecular formula is C21H16Cl3NO4. The van der Waals surface area contributed by atoms with Gasteiger partial charge in [-0.3, -0.25) is 0 Å². The van der Waals surface area contributed by atoms with Crippen LogP contribution < -0.4 is 9.47 Å². The Morgan fingerprint density at radius 3 is 2.62 bits per heavy atom. The minimum Gasteiger partial charge on any atom is -0.493 e. The van der Waals surface area contributed by atoms with Crippen molar-refractivity contribution in [3.63, 3.8) is 0 Å². The summed E-state index contributed by atoms with van der Waals surface area (Å²) < 4.78 is 16.2. The predicted molar refractivity (Wildman–Crippen MR) is 115 cm³/mol. The van der Waals surface area contributed by atoms with E-state index in [-0.39, 0.29) is 11.6 Å². The Bertz CT molecular complexity index is 1060. The molecule has 0 radical (unpaired) electrons. The van der Waals surface area contributed by atoms with Gasteiger partial charge in [0.05, 0.1) is 22.7 Å². The Labute approximate surface area is 183 Å². The molecule has 0 aromatic heterocycles. The first kappa shape index (κ1) is 21.2. The molecule has 1 aliphatic rings. The summed E-state index contributed by atoms with van der Waals surface area (Å²) in [7, 11) is 1.50. The van der Waals surface area contributed by atoms with Crippen LogP contribution in [0.5, 0.6) is 11.5 Å². The monoisotopic (exact) mass is 451 g/mol. The van der Waals surface area contributed by atoms with Gasteiger partial charge in [0.1, 0.15) is 6.61 Å². The van der Waals surface area contributed by atoms with Gasteiger partial charge < -0.3 is 14.2 Å². The number of carbonyl (C=O) groups excluding carboxylic acids is 1. The van der Waals surface area contributed by atoms with Crippen molar-refractivity contribution in [1.82, 2.24) is 0 Å². The first-order valence-corrected chi connectivity index (χ1v) is 9.54. The molecule has 1 heterocycles. The third-order valence-electron chi connectivity index (χ3n) is 3.80. The summed E-state index contributed by atoms with van der Waals surface area (Å²) >= 11 is 18.4. The number of rotatable bonds is 6. The molecule has 150 valence electrons. The van der Waals surface area contributed by atoms with Gasteiger partial charge in [0.2, 0.25) is 5.90 Å². The van der Waals surface area contributed by atoms with E-state index in [0.717, 1.165) is 5.57 Å². The topological polar surface area (TPSA) is 57.1 Å². The molecule has 0 saturated carbocycles. The summed E-state index contributed by atoms with van der Waals surface area (Å²) in [6.45, 7) is 5.94. The van der Waals surface area contributed by atoms with E-state index in [9.17, 15) is 4.79 Å². The van der Waals surface area contributed by atoms with Crippen molar-refractivity contribution in [2.45, 2.75) is 6.92 Å². The number of cyclic esters (lactones) is 1. The number of hydrogen-bond acceptors (Lipinski definition) is 5. The summed E-state index contributed by atoms with van der Waals surface area (Å²) in [5.41, 5.74) is 1.99. The molecule has 1 aliphatic heterocycles. The Hall–Kier alpha value is -2.47. The van der Waals surface area contributed by atoms with Gasteiger partial charge in [-0.1, -0.05) is 41.4 Å². The highest BCUT2D eigenvalue weighted by molar-refractivity contribution is 6.37.